The zero-order chi connectivity index (χ0) is 14.0. The molecule has 2 aromatic rings. The molecule has 0 aliphatic heterocycles. The highest BCUT2D eigenvalue weighted by molar-refractivity contribution is 9.11. The lowest BCUT2D eigenvalue weighted by Crippen LogP contribution is -2.14. The van der Waals surface area contributed by atoms with Crippen LogP contribution in [0.2, 0.25) is 0 Å². The van der Waals surface area contributed by atoms with E-state index in [4.69, 9.17) is 5.73 Å². The third-order valence-corrected chi connectivity index (χ3v) is 3.61. The van der Waals surface area contributed by atoms with E-state index in [0.717, 1.165) is 3.79 Å². The molecule has 0 saturated carbocycles. The Balaban J connectivity index is 2.29. The minimum atomic E-state index is -0.633. The maximum Gasteiger partial charge on any atom is 0.292 e. The molecule has 1 heterocycles. The van der Waals surface area contributed by atoms with E-state index in [1.54, 1.807) is 0 Å². The maximum absolute atomic E-state index is 12.0. The minimum Gasteiger partial charge on any atom is -0.393 e. The smallest absolute Gasteiger partial charge is 0.292 e. The minimum absolute atomic E-state index is 0.0422. The molecule has 19 heavy (non-hydrogen) atoms. The molecule has 7 nitrogen and oxygen atoms in total. The first-order chi connectivity index (χ1) is 8.99. The molecular formula is C10H7BrN4O3S. The largest absolute Gasteiger partial charge is 0.393 e. The van der Waals surface area contributed by atoms with E-state index in [0.29, 0.717) is 5.13 Å². The van der Waals surface area contributed by atoms with E-state index in [1.165, 1.54) is 35.7 Å². The van der Waals surface area contributed by atoms with Crippen LogP contribution in [-0.4, -0.2) is 15.8 Å². The Hall–Kier alpha value is -2.00. The van der Waals surface area contributed by atoms with E-state index >= 15 is 0 Å². The van der Waals surface area contributed by atoms with Gasteiger partial charge in [0.1, 0.15) is 5.69 Å². The highest BCUT2D eigenvalue weighted by atomic mass is 79.9. The number of rotatable bonds is 3. The van der Waals surface area contributed by atoms with Crippen molar-refractivity contribution < 1.29 is 9.72 Å². The average Bonchev–Trinajstić information content (AvgIpc) is 2.74. The van der Waals surface area contributed by atoms with Crippen LogP contribution in [0.3, 0.4) is 0 Å². The van der Waals surface area contributed by atoms with Crippen LogP contribution in [0.1, 0.15) is 10.4 Å². The number of nitrogen functional groups attached to an aromatic ring is 1. The zero-order valence-electron chi connectivity index (χ0n) is 9.29. The van der Waals surface area contributed by atoms with Gasteiger partial charge >= 0.3 is 0 Å². The van der Waals surface area contributed by atoms with Crippen LogP contribution in [0.4, 0.5) is 16.5 Å². The number of thiazole rings is 1. The molecule has 1 amide bonds. The number of nitrogens with zero attached hydrogens (tertiary/aromatic N) is 2. The van der Waals surface area contributed by atoms with Crippen molar-refractivity contribution in [3.63, 3.8) is 0 Å². The molecule has 1 aromatic carbocycles. The van der Waals surface area contributed by atoms with Gasteiger partial charge in [-0.15, -0.1) is 0 Å². The van der Waals surface area contributed by atoms with E-state index in [2.05, 4.69) is 26.2 Å². The lowest BCUT2D eigenvalue weighted by molar-refractivity contribution is -0.383. The van der Waals surface area contributed by atoms with Gasteiger partial charge < -0.3 is 5.73 Å². The first-order valence-electron chi connectivity index (χ1n) is 4.94. The standard InChI is InChI=1S/C10H7BrN4O3S/c11-7-4-13-10(19-7)14-9(16)5-2-1-3-6(8(5)12)15(17)18/h1-4H,12H2,(H,13,14,16). The van der Waals surface area contributed by atoms with Crippen LogP contribution >= 0.6 is 27.3 Å². The number of nitro benzene ring substituents is 1. The molecule has 0 bridgehead atoms. The molecule has 0 fully saturated rings. The van der Waals surface area contributed by atoms with Gasteiger partial charge in [0.25, 0.3) is 11.6 Å². The molecule has 0 aliphatic carbocycles. The third kappa shape index (κ3) is 2.88. The number of halogens is 1. The summed E-state index contributed by atoms with van der Waals surface area (Å²) in [6.45, 7) is 0. The van der Waals surface area contributed by atoms with Crippen LogP contribution in [-0.2, 0) is 0 Å². The molecule has 98 valence electrons. The number of anilines is 2. The van der Waals surface area contributed by atoms with E-state index in [1.807, 2.05) is 0 Å². The Morgan fingerprint density at radius 1 is 1.53 bits per heavy atom. The van der Waals surface area contributed by atoms with Gasteiger partial charge in [-0.3, -0.25) is 20.2 Å². The normalized spacial score (nSPS) is 10.2. The van der Waals surface area contributed by atoms with Crippen molar-refractivity contribution in [3.8, 4) is 0 Å². The summed E-state index contributed by atoms with van der Waals surface area (Å²) in [4.78, 5) is 26.0. The third-order valence-electron chi connectivity index (χ3n) is 2.22. The number of hydrogen-bond acceptors (Lipinski definition) is 6. The predicted molar refractivity (Wildman–Crippen MR) is 75.3 cm³/mol. The highest BCUT2D eigenvalue weighted by Gasteiger charge is 2.19. The Labute approximate surface area is 119 Å². The monoisotopic (exact) mass is 342 g/mol. The summed E-state index contributed by atoms with van der Waals surface area (Å²) in [5, 5.41) is 13.6. The number of benzene rings is 1. The van der Waals surface area contributed by atoms with Gasteiger partial charge in [-0.2, -0.15) is 0 Å². The highest BCUT2D eigenvalue weighted by Crippen LogP contribution is 2.27. The van der Waals surface area contributed by atoms with Crippen molar-refractivity contribution in [2.24, 2.45) is 0 Å². The average molecular weight is 343 g/mol. The fourth-order valence-electron chi connectivity index (χ4n) is 1.39. The van der Waals surface area contributed by atoms with Crippen molar-refractivity contribution in [2.75, 3.05) is 11.1 Å². The Bertz CT molecular complexity index is 658. The fraction of sp³-hybridized carbons (Fsp3) is 0. The van der Waals surface area contributed by atoms with Gasteiger partial charge in [0, 0.05) is 6.07 Å². The van der Waals surface area contributed by atoms with Gasteiger partial charge in [-0.1, -0.05) is 17.4 Å². The molecule has 9 heteroatoms. The summed E-state index contributed by atoms with van der Waals surface area (Å²) in [6.07, 6.45) is 1.54. The number of amides is 1. The van der Waals surface area contributed by atoms with Crippen LogP contribution in [0.5, 0.6) is 0 Å². The lowest BCUT2D eigenvalue weighted by atomic mass is 10.1. The van der Waals surface area contributed by atoms with Crippen LogP contribution in [0.25, 0.3) is 0 Å². The number of hydrogen-bond donors (Lipinski definition) is 2. The van der Waals surface area contributed by atoms with Crippen LogP contribution < -0.4 is 11.1 Å². The predicted octanol–water partition coefficient (Wildman–Crippen LogP) is 2.65. The van der Waals surface area contributed by atoms with Crippen molar-refractivity contribution in [1.82, 2.24) is 4.98 Å². The Morgan fingerprint density at radius 2 is 2.26 bits per heavy atom. The number of carbonyl (C=O) groups excluding carboxylic acids is 1. The lowest BCUT2D eigenvalue weighted by Gasteiger charge is -2.05. The summed E-state index contributed by atoms with van der Waals surface area (Å²) in [5.74, 6) is -0.539. The second-order valence-electron chi connectivity index (χ2n) is 3.42. The molecule has 0 atom stereocenters. The number of nitrogens with one attached hydrogen (secondary N) is 1. The molecule has 0 saturated heterocycles. The summed E-state index contributed by atoms with van der Waals surface area (Å²) < 4.78 is 0.759. The molecule has 3 N–H and O–H groups in total. The summed E-state index contributed by atoms with van der Waals surface area (Å²) in [5.41, 5.74) is 5.19. The van der Waals surface area contributed by atoms with Gasteiger partial charge in [-0.25, -0.2) is 4.98 Å². The fourth-order valence-corrected chi connectivity index (χ4v) is 2.49. The SMILES string of the molecule is Nc1c(C(=O)Nc2ncc(Br)s2)cccc1[N+](=O)[O-]. The first kappa shape index (κ1) is 13.4. The van der Waals surface area contributed by atoms with Crippen molar-refractivity contribution >= 4 is 49.7 Å². The molecule has 1 aromatic heterocycles. The van der Waals surface area contributed by atoms with E-state index in [-0.39, 0.29) is 16.9 Å². The Kier molecular flexibility index (Phi) is 3.76. The van der Waals surface area contributed by atoms with Crippen LogP contribution in [0, 0.1) is 10.1 Å². The van der Waals surface area contributed by atoms with Gasteiger partial charge in [0.05, 0.1) is 20.5 Å². The second kappa shape index (κ2) is 5.33. The molecule has 0 radical (unpaired) electrons. The van der Waals surface area contributed by atoms with Gasteiger partial charge in [-0.05, 0) is 22.0 Å². The zero-order valence-corrected chi connectivity index (χ0v) is 11.7. The van der Waals surface area contributed by atoms with E-state index in [9.17, 15) is 14.9 Å². The maximum atomic E-state index is 12.0. The molecule has 2 rings (SSSR count). The molecule has 0 spiro atoms. The number of aromatic nitrogens is 1. The second-order valence-corrected chi connectivity index (χ2v) is 5.83. The van der Waals surface area contributed by atoms with Crippen LogP contribution in [0.15, 0.2) is 28.2 Å². The number of nitro groups is 1. The molecular weight excluding hydrogens is 336 g/mol. The summed E-state index contributed by atoms with van der Waals surface area (Å²) in [7, 11) is 0. The summed E-state index contributed by atoms with van der Waals surface area (Å²) in [6, 6.07) is 4.06. The number of nitrogens with two attached hydrogens (primary N) is 1. The topological polar surface area (TPSA) is 111 Å². The first-order valence-corrected chi connectivity index (χ1v) is 6.55. The number of carbonyl (C=O) groups is 1. The molecule has 0 aliphatic rings. The van der Waals surface area contributed by atoms with Crippen molar-refractivity contribution in [1.29, 1.82) is 0 Å². The summed E-state index contributed by atoms with van der Waals surface area (Å²) >= 11 is 4.44. The quantitative estimate of drug-likeness (QED) is 0.506. The van der Waals surface area contributed by atoms with Gasteiger partial charge in [0.15, 0.2) is 5.13 Å². The Morgan fingerprint density at radius 3 is 2.84 bits per heavy atom. The number of para-hydroxylation sites is 1. The van der Waals surface area contributed by atoms with Gasteiger partial charge in [0.2, 0.25) is 0 Å². The molecule has 0 unspecified atom stereocenters. The van der Waals surface area contributed by atoms with Crippen molar-refractivity contribution in [3.05, 3.63) is 43.9 Å². The van der Waals surface area contributed by atoms with Crippen molar-refractivity contribution in [2.45, 2.75) is 0 Å². The van der Waals surface area contributed by atoms with E-state index < -0.39 is 10.8 Å².